The number of allylic oxidation sites excluding steroid dienone is 2. The van der Waals surface area contributed by atoms with Crippen LogP contribution >= 0.6 is 0 Å². The van der Waals surface area contributed by atoms with Gasteiger partial charge in [-0.1, -0.05) is 0 Å². The molecule has 0 aliphatic carbocycles. The van der Waals surface area contributed by atoms with E-state index in [1.54, 1.807) is 26.0 Å². The third-order valence-electron chi connectivity index (χ3n) is 1.92. The lowest BCUT2D eigenvalue weighted by atomic mass is 10.2. The smallest absolute Gasteiger partial charge is 0.164 e. The van der Waals surface area contributed by atoms with Gasteiger partial charge in [-0.05, 0) is 38.2 Å². The molecule has 0 spiro atoms. The van der Waals surface area contributed by atoms with Crippen LogP contribution in [-0.4, -0.2) is 30.6 Å². The number of aldehydes is 2. The summed E-state index contributed by atoms with van der Waals surface area (Å²) in [7, 11) is 0. The number of carbonyl (C=O) groups is 2. The third-order valence-corrected chi connectivity index (χ3v) is 1.92. The molecular formula is C11H14O4. The van der Waals surface area contributed by atoms with Crippen molar-refractivity contribution in [2.45, 2.75) is 31.8 Å². The van der Waals surface area contributed by atoms with E-state index in [2.05, 4.69) is 0 Å². The summed E-state index contributed by atoms with van der Waals surface area (Å²) in [5.41, 5.74) is 0. The summed E-state index contributed by atoms with van der Waals surface area (Å²) in [5.74, 6) is -0.699. The predicted molar refractivity (Wildman–Crippen MR) is 54.2 cm³/mol. The van der Waals surface area contributed by atoms with Gasteiger partial charge >= 0.3 is 0 Å². The molecule has 0 amide bonds. The number of hydrogen-bond acceptors (Lipinski definition) is 4. The summed E-state index contributed by atoms with van der Waals surface area (Å²) < 4.78 is 11.1. The number of hydrogen-bond donors (Lipinski definition) is 0. The minimum absolute atomic E-state index is 0.332. The molecule has 0 radical (unpaired) electrons. The molecule has 1 saturated heterocycles. The van der Waals surface area contributed by atoms with Gasteiger partial charge in [-0.15, -0.1) is 0 Å². The molecule has 1 aliphatic rings. The number of rotatable bonds is 4. The second-order valence-electron chi connectivity index (χ2n) is 3.61. The summed E-state index contributed by atoms with van der Waals surface area (Å²) in [5, 5.41) is 0. The van der Waals surface area contributed by atoms with Crippen LogP contribution in [0.4, 0.5) is 0 Å². The van der Waals surface area contributed by atoms with Crippen LogP contribution in [0.1, 0.15) is 13.8 Å². The molecule has 0 aromatic rings. The normalized spacial score (nSPS) is 30.0. The Balaban J connectivity index is 2.73. The van der Waals surface area contributed by atoms with Crippen LogP contribution in [-0.2, 0) is 19.1 Å². The average molecular weight is 210 g/mol. The highest BCUT2D eigenvalue weighted by atomic mass is 16.7. The lowest BCUT2D eigenvalue weighted by molar-refractivity contribution is -0.139. The van der Waals surface area contributed by atoms with Gasteiger partial charge in [0.05, 0.1) is 0 Å². The molecule has 0 aromatic heterocycles. The van der Waals surface area contributed by atoms with Crippen molar-refractivity contribution in [1.29, 1.82) is 0 Å². The number of carbonyl (C=O) groups excluding carboxylic acids is 2. The van der Waals surface area contributed by atoms with Crippen molar-refractivity contribution in [2.24, 2.45) is 0 Å². The molecule has 2 atom stereocenters. The van der Waals surface area contributed by atoms with E-state index in [4.69, 9.17) is 9.47 Å². The SMILES string of the molecule is CC1(C)O[C@H](/C=C/C=O)[C@@H](/C=C/C=O)O1. The Kier molecular flexibility index (Phi) is 3.94. The van der Waals surface area contributed by atoms with Gasteiger partial charge < -0.3 is 9.47 Å². The molecule has 1 rings (SSSR count). The van der Waals surface area contributed by atoms with Gasteiger partial charge in [0.15, 0.2) is 5.79 Å². The first-order chi connectivity index (χ1) is 7.09. The highest BCUT2D eigenvalue weighted by Crippen LogP contribution is 2.29. The predicted octanol–water partition coefficient (Wildman–Crippen LogP) is 1.02. The van der Waals surface area contributed by atoms with Crippen molar-refractivity contribution in [3.63, 3.8) is 0 Å². The lowest BCUT2D eigenvalue weighted by Gasteiger charge is -2.15. The zero-order valence-corrected chi connectivity index (χ0v) is 8.75. The second-order valence-corrected chi connectivity index (χ2v) is 3.61. The van der Waals surface area contributed by atoms with Crippen LogP contribution < -0.4 is 0 Å². The van der Waals surface area contributed by atoms with Crippen molar-refractivity contribution in [2.75, 3.05) is 0 Å². The fourth-order valence-electron chi connectivity index (χ4n) is 1.42. The van der Waals surface area contributed by atoms with E-state index in [-0.39, 0.29) is 12.2 Å². The molecule has 0 aromatic carbocycles. The summed E-state index contributed by atoms with van der Waals surface area (Å²) in [6, 6.07) is 0. The van der Waals surface area contributed by atoms with Gasteiger partial charge in [0.1, 0.15) is 24.8 Å². The Morgan fingerprint density at radius 1 is 0.933 bits per heavy atom. The molecule has 1 aliphatic heterocycles. The Bertz CT molecular complexity index is 263. The molecule has 15 heavy (non-hydrogen) atoms. The van der Waals surface area contributed by atoms with E-state index in [9.17, 15) is 9.59 Å². The van der Waals surface area contributed by atoms with Crippen LogP contribution in [0.2, 0.25) is 0 Å². The summed E-state index contributed by atoms with van der Waals surface area (Å²) in [6.45, 7) is 3.56. The molecule has 82 valence electrons. The van der Waals surface area contributed by atoms with Crippen molar-refractivity contribution >= 4 is 12.6 Å². The molecule has 4 heteroatoms. The monoisotopic (exact) mass is 210 g/mol. The van der Waals surface area contributed by atoms with Crippen molar-refractivity contribution in [3.8, 4) is 0 Å². The largest absolute Gasteiger partial charge is 0.340 e. The minimum atomic E-state index is -0.699. The van der Waals surface area contributed by atoms with E-state index < -0.39 is 5.79 Å². The van der Waals surface area contributed by atoms with Crippen LogP contribution in [0.5, 0.6) is 0 Å². The Labute approximate surface area is 88.6 Å². The van der Waals surface area contributed by atoms with Gasteiger partial charge in [-0.25, -0.2) is 0 Å². The standard InChI is InChI=1S/C11H14O4/c1-11(2)14-9(5-3-7-12)10(15-11)6-4-8-13/h3-10H,1-2H3/b5-3+,6-4+/t9-,10-/m1/s1. The second kappa shape index (κ2) is 5.00. The first kappa shape index (κ1) is 11.8. The molecule has 4 nitrogen and oxygen atoms in total. The molecular weight excluding hydrogens is 196 g/mol. The molecule has 1 heterocycles. The maximum atomic E-state index is 10.2. The van der Waals surface area contributed by atoms with Crippen molar-refractivity contribution in [1.82, 2.24) is 0 Å². The molecule has 0 saturated carbocycles. The average Bonchev–Trinajstić information content (AvgIpc) is 2.47. The molecule has 0 unspecified atom stereocenters. The van der Waals surface area contributed by atoms with Gasteiger partial charge in [-0.3, -0.25) is 9.59 Å². The van der Waals surface area contributed by atoms with Crippen LogP contribution in [0, 0.1) is 0 Å². The third kappa shape index (κ3) is 3.42. The molecule has 1 fully saturated rings. The zero-order chi connectivity index (χ0) is 11.3. The van der Waals surface area contributed by atoms with E-state index in [1.807, 2.05) is 0 Å². The Morgan fingerprint density at radius 3 is 1.67 bits per heavy atom. The van der Waals surface area contributed by atoms with E-state index in [0.29, 0.717) is 12.6 Å². The van der Waals surface area contributed by atoms with E-state index >= 15 is 0 Å². The highest BCUT2D eigenvalue weighted by Gasteiger charge is 2.38. The summed E-state index contributed by atoms with van der Waals surface area (Å²) >= 11 is 0. The van der Waals surface area contributed by atoms with Crippen LogP contribution in [0.25, 0.3) is 0 Å². The first-order valence-electron chi connectivity index (χ1n) is 4.68. The van der Waals surface area contributed by atoms with Crippen molar-refractivity contribution in [3.05, 3.63) is 24.3 Å². The summed E-state index contributed by atoms with van der Waals surface area (Å²) in [4.78, 5) is 20.4. The minimum Gasteiger partial charge on any atom is -0.340 e. The highest BCUT2D eigenvalue weighted by molar-refractivity contribution is 5.65. The molecule has 0 N–H and O–H groups in total. The Morgan fingerprint density at radius 2 is 1.33 bits per heavy atom. The fourth-order valence-corrected chi connectivity index (χ4v) is 1.42. The Hall–Kier alpha value is -1.26. The lowest BCUT2D eigenvalue weighted by Crippen LogP contribution is -2.20. The summed E-state index contributed by atoms with van der Waals surface area (Å²) in [6.07, 6.45) is 6.63. The van der Waals surface area contributed by atoms with Gasteiger partial charge in [0, 0.05) is 0 Å². The van der Waals surface area contributed by atoms with Crippen LogP contribution in [0.15, 0.2) is 24.3 Å². The van der Waals surface area contributed by atoms with Gasteiger partial charge in [0.2, 0.25) is 0 Å². The molecule has 0 bridgehead atoms. The van der Waals surface area contributed by atoms with E-state index in [0.717, 1.165) is 0 Å². The first-order valence-corrected chi connectivity index (χ1v) is 4.68. The quantitative estimate of drug-likeness (QED) is 0.513. The maximum absolute atomic E-state index is 10.2. The van der Waals surface area contributed by atoms with E-state index in [1.165, 1.54) is 12.2 Å². The zero-order valence-electron chi connectivity index (χ0n) is 8.75. The van der Waals surface area contributed by atoms with Crippen LogP contribution in [0.3, 0.4) is 0 Å². The van der Waals surface area contributed by atoms with Gasteiger partial charge in [-0.2, -0.15) is 0 Å². The fraction of sp³-hybridized carbons (Fsp3) is 0.455. The number of ether oxygens (including phenoxy) is 2. The van der Waals surface area contributed by atoms with Gasteiger partial charge in [0.25, 0.3) is 0 Å². The topological polar surface area (TPSA) is 52.6 Å². The van der Waals surface area contributed by atoms with Crippen molar-refractivity contribution < 1.29 is 19.1 Å². The maximum Gasteiger partial charge on any atom is 0.164 e.